The number of nitrogens with two attached hydrogens (primary N) is 1. The topological polar surface area (TPSA) is 55.1 Å². The zero-order valence-electron chi connectivity index (χ0n) is 11.3. The number of carbonyl (C=O) groups excluding carboxylic acids is 1. The fourth-order valence-electron chi connectivity index (χ4n) is 1.63. The fraction of sp³-hybridized carbons (Fsp3) is 0.500. The summed E-state index contributed by atoms with van der Waals surface area (Å²) in [6, 6.07) is 7.44. The molecule has 0 fully saturated rings. The third-order valence-electron chi connectivity index (χ3n) is 3.02. The smallest absolute Gasteiger partial charge is 0.237 e. The zero-order valence-corrected chi connectivity index (χ0v) is 12.9. The molecule has 100 valence electrons. The van der Waals surface area contributed by atoms with Gasteiger partial charge in [-0.15, -0.1) is 0 Å². The van der Waals surface area contributed by atoms with Crippen LogP contribution in [0.15, 0.2) is 28.7 Å². The molecule has 0 aliphatic heterocycles. The number of rotatable bonds is 4. The molecule has 0 radical (unpaired) electrons. The van der Waals surface area contributed by atoms with Gasteiger partial charge in [-0.3, -0.25) is 4.79 Å². The van der Waals surface area contributed by atoms with Crippen molar-refractivity contribution in [3.63, 3.8) is 0 Å². The molecular formula is C14H21BrN2O. The standard InChI is InChI=1S/C14H21BrN2O/c1-9(2)12(16)13(18)17-14(3,4)10-5-7-11(15)8-6-10/h5-9,12H,16H2,1-4H3,(H,17,18). The Morgan fingerprint density at radius 3 is 2.22 bits per heavy atom. The highest BCUT2D eigenvalue weighted by Gasteiger charge is 2.26. The number of nitrogens with one attached hydrogen (secondary N) is 1. The molecule has 0 saturated heterocycles. The molecule has 0 spiro atoms. The second-order valence-corrected chi connectivity index (χ2v) is 6.31. The Morgan fingerprint density at radius 1 is 1.28 bits per heavy atom. The van der Waals surface area contributed by atoms with Crippen LogP contribution in [0.2, 0.25) is 0 Å². The maximum absolute atomic E-state index is 12.0. The maximum atomic E-state index is 12.0. The van der Waals surface area contributed by atoms with E-state index in [1.165, 1.54) is 0 Å². The minimum atomic E-state index is -0.472. The predicted molar refractivity (Wildman–Crippen MR) is 78.1 cm³/mol. The Bertz CT molecular complexity index is 412. The van der Waals surface area contributed by atoms with E-state index in [9.17, 15) is 4.79 Å². The summed E-state index contributed by atoms with van der Waals surface area (Å²) in [5.74, 6) is 0.0173. The summed E-state index contributed by atoms with van der Waals surface area (Å²) >= 11 is 3.40. The molecular weight excluding hydrogens is 292 g/mol. The van der Waals surface area contributed by atoms with E-state index in [1.54, 1.807) is 0 Å². The van der Waals surface area contributed by atoms with Gasteiger partial charge >= 0.3 is 0 Å². The summed E-state index contributed by atoms with van der Waals surface area (Å²) < 4.78 is 1.02. The lowest BCUT2D eigenvalue weighted by Crippen LogP contribution is -2.50. The Kier molecular flexibility index (Phi) is 4.93. The molecule has 3 nitrogen and oxygen atoms in total. The first kappa shape index (κ1) is 15.2. The molecule has 0 aliphatic carbocycles. The highest BCUT2D eigenvalue weighted by atomic mass is 79.9. The number of carbonyl (C=O) groups is 1. The first-order chi connectivity index (χ1) is 8.24. The average Bonchev–Trinajstić information content (AvgIpc) is 2.27. The van der Waals surface area contributed by atoms with E-state index in [0.717, 1.165) is 10.0 Å². The molecule has 1 amide bonds. The van der Waals surface area contributed by atoms with E-state index < -0.39 is 11.6 Å². The lowest BCUT2D eigenvalue weighted by molar-refractivity contribution is -0.124. The van der Waals surface area contributed by atoms with Crippen molar-refractivity contribution in [3.05, 3.63) is 34.3 Å². The van der Waals surface area contributed by atoms with Crippen LogP contribution in [0.25, 0.3) is 0 Å². The lowest BCUT2D eigenvalue weighted by Gasteiger charge is -2.29. The number of hydrogen-bond donors (Lipinski definition) is 2. The van der Waals surface area contributed by atoms with E-state index in [4.69, 9.17) is 5.73 Å². The summed E-state index contributed by atoms with van der Waals surface area (Å²) in [6.07, 6.45) is 0. The van der Waals surface area contributed by atoms with E-state index in [0.29, 0.717) is 0 Å². The van der Waals surface area contributed by atoms with Crippen molar-refractivity contribution in [1.82, 2.24) is 5.32 Å². The first-order valence-electron chi connectivity index (χ1n) is 6.07. The average molecular weight is 313 g/mol. The monoisotopic (exact) mass is 312 g/mol. The van der Waals surface area contributed by atoms with Gasteiger partial charge in [0.15, 0.2) is 0 Å². The normalized spacial score (nSPS) is 13.5. The Hall–Kier alpha value is -0.870. The molecule has 0 aromatic heterocycles. The van der Waals surface area contributed by atoms with Crippen LogP contribution < -0.4 is 11.1 Å². The van der Waals surface area contributed by atoms with Gasteiger partial charge in [-0.1, -0.05) is 41.9 Å². The van der Waals surface area contributed by atoms with E-state index in [1.807, 2.05) is 52.0 Å². The highest BCUT2D eigenvalue weighted by Crippen LogP contribution is 2.22. The second kappa shape index (κ2) is 5.85. The van der Waals surface area contributed by atoms with Crippen LogP contribution in [-0.2, 0) is 10.3 Å². The molecule has 1 aromatic carbocycles. The molecule has 3 N–H and O–H groups in total. The van der Waals surface area contributed by atoms with Crippen LogP contribution in [0.5, 0.6) is 0 Å². The molecule has 0 saturated carbocycles. The summed E-state index contributed by atoms with van der Waals surface area (Å²) in [5.41, 5.74) is 6.47. The third kappa shape index (κ3) is 3.82. The molecule has 1 unspecified atom stereocenters. The van der Waals surface area contributed by atoms with Gasteiger partial charge in [0, 0.05) is 4.47 Å². The van der Waals surface area contributed by atoms with Crippen molar-refractivity contribution >= 4 is 21.8 Å². The molecule has 0 aliphatic rings. The van der Waals surface area contributed by atoms with Gasteiger partial charge in [-0.2, -0.15) is 0 Å². The van der Waals surface area contributed by atoms with Crippen LogP contribution in [0.3, 0.4) is 0 Å². The van der Waals surface area contributed by atoms with Gasteiger partial charge < -0.3 is 11.1 Å². The van der Waals surface area contributed by atoms with Crippen molar-refractivity contribution in [2.24, 2.45) is 11.7 Å². The molecule has 4 heteroatoms. The van der Waals surface area contributed by atoms with E-state index in [2.05, 4.69) is 21.2 Å². The number of amides is 1. The van der Waals surface area contributed by atoms with Gasteiger partial charge in [-0.25, -0.2) is 0 Å². The Balaban J connectivity index is 2.81. The van der Waals surface area contributed by atoms with Crippen LogP contribution in [-0.4, -0.2) is 11.9 Å². The number of benzene rings is 1. The molecule has 0 bridgehead atoms. The molecule has 1 rings (SSSR count). The van der Waals surface area contributed by atoms with Crippen molar-refractivity contribution < 1.29 is 4.79 Å². The summed E-state index contributed by atoms with van der Waals surface area (Å²) in [7, 11) is 0. The van der Waals surface area contributed by atoms with Gasteiger partial charge in [0.05, 0.1) is 11.6 Å². The Labute approximate surface area is 117 Å². The molecule has 1 aromatic rings. The molecule has 18 heavy (non-hydrogen) atoms. The summed E-state index contributed by atoms with van der Waals surface area (Å²) in [5, 5.41) is 2.99. The predicted octanol–water partition coefficient (Wildman–Crippen LogP) is 2.78. The summed E-state index contributed by atoms with van der Waals surface area (Å²) in [4.78, 5) is 12.0. The van der Waals surface area contributed by atoms with Crippen molar-refractivity contribution in [2.45, 2.75) is 39.3 Å². The number of halogens is 1. The maximum Gasteiger partial charge on any atom is 0.237 e. The minimum Gasteiger partial charge on any atom is -0.346 e. The highest BCUT2D eigenvalue weighted by molar-refractivity contribution is 9.10. The van der Waals surface area contributed by atoms with Crippen LogP contribution in [0.1, 0.15) is 33.3 Å². The quantitative estimate of drug-likeness (QED) is 0.898. The van der Waals surface area contributed by atoms with Gasteiger partial charge in [0.1, 0.15) is 0 Å². The van der Waals surface area contributed by atoms with Gasteiger partial charge in [0.2, 0.25) is 5.91 Å². The van der Waals surface area contributed by atoms with Gasteiger partial charge in [0.25, 0.3) is 0 Å². The zero-order chi connectivity index (χ0) is 13.9. The fourth-order valence-corrected chi connectivity index (χ4v) is 1.90. The SMILES string of the molecule is CC(C)C(N)C(=O)NC(C)(C)c1ccc(Br)cc1. The Morgan fingerprint density at radius 2 is 1.78 bits per heavy atom. The summed E-state index contributed by atoms with van der Waals surface area (Å²) in [6.45, 7) is 7.83. The lowest BCUT2D eigenvalue weighted by atomic mass is 9.93. The third-order valence-corrected chi connectivity index (χ3v) is 3.55. The van der Waals surface area contributed by atoms with Gasteiger partial charge in [-0.05, 0) is 37.5 Å². The molecule has 1 atom stereocenters. The molecule has 0 heterocycles. The second-order valence-electron chi connectivity index (χ2n) is 5.39. The van der Waals surface area contributed by atoms with Crippen LogP contribution >= 0.6 is 15.9 Å². The van der Waals surface area contributed by atoms with Crippen molar-refractivity contribution in [3.8, 4) is 0 Å². The van der Waals surface area contributed by atoms with E-state index in [-0.39, 0.29) is 11.8 Å². The largest absolute Gasteiger partial charge is 0.346 e. The number of hydrogen-bond acceptors (Lipinski definition) is 2. The van der Waals surface area contributed by atoms with Crippen molar-refractivity contribution in [2.75, 3.05) is 0 Å². The van der Waals surface area contributed by atoms with Crippen molar-refractivity contribution in [1.29, 1.82) is 0 Å². The first-order valence-corrected chi connectivity index (χ1v) is 6.87. The van der Waals surface area contributed by atoms with Crippen LogP contribution in [0, 0.1) is 5.92 Å². The van der Waals surface area contributed by atoms with Crippen LogP contribution in [0.4, 0.5) is 0 Å². The van der Waals surface area contributed by atoms with E-state index >= 15 is 0 Å². The minimum absolute atomic E-state index is 0.113.